The zero-order valence-electron chi connectivity index (χ0n) is 18.3. The second-order valence-corrected chi connectivity index (χ2v) is 8.33. The van der Waals surface area contributed by atoms with Gasteiger partial charge in [0, 0.05) is 41.7 Å². The molecule has 1 saturated heterocycles. The van der Waals surface area contributed by atoms with Gasteiger partial charge in [0.2, 0.25) is 0 Å². The van der Waals surface area contributed by atoms with Crippen LogP contribution in [0.1, 0.15) is 28.9 Å². The summed E-state index contributed by atoms with van der Waals surface area (Å²) < 4.78 is 13.4. The first-order chi connectivity index (χ1) is 16.1. The van der Waals surface area contributed by atoms with Crippen molar-refractivity contribution in [2.75, 3.05) is 18.0 Å². The Kier molecular flexibility index (Phi) is 5.69. The third-order valence-electron chi connectivity index (χ3n) is 6.13. The SMILES string of the molecule is Cc1nnc(N2CCC(NC(=O)c3ccc(-c4cccc(F)c4)nc3)CC2)c2ccccc12. The lowest BCUT2D eigenvalue weighted by atomic mass is 10.0. The summed E-state index contributed by atoms with van der Waals surface area (Å²) in [6.45, 7) is 3.56. The molecule has 1 amide bonds. The molecule has 0 bridgehead atoms. The average molecular weight is 442 g/mol. The molecular formula is C26H24FN5O. The Morgan fingerprint density at radius 3 is 2.52 bits per heavy atom. The third-order valence-corrected chi connectivity index (χ3v) is 6.13. The average Bonchev–Trinajstić information content (AvgIpc) is 2.85. The largest absolute Gasteiger partial charge is 0.354 e. The maximum atomic E-state index is 13.4. The van der Waals surface area contributed by atoms with E-state index in [0.29, 0.717) is 16.8 Å². The fraction of sp³-hybridized carbons (Fsp3) is 0.231. The number of halogens is 1. The van der Waals surface area contributed by atoms with Crippen molar-refractivity contribution >= 4 is 22.5 Å². The summed E-state index contributed by atoms with van der Waals surface area (Å²) in [7, 11) is 0. The number of nitrogens with one attached hydrogen (secondary N) is 1. The molecule has 5 rings (SSSR count). The summed E-state index contributed by atoms with van der Waals surface area (Å²) in [6, 6.07) is 18.0. The highest BCUT2D eigenvalue weighted by atomic mass is 19.1. The topological polar surface area (TPSA) is 71.0 Å². The van der Waals surface area contributed by atoms with E-state index in [9.17, 15) is 9.18 Å². The first-order valence-electron chi connectivity index (χ1n) is 11.1. The number of benzene rings is 2. The van der Waals surface area contributed by atoms with E-state index in [1.807, 2.05) is 19.1 Å². The fourth-order valence-corrected chi connectivity index (χ4v) is 4.31. The molecule has 4 aromatic rings. The van der Waals surface area contributed by atoms with Crippen molar-refractivity contribution in [2.45, 2.75) is 25.8 Å². The molecule has 1 N–H and O–H groups in total. The molecule has 166 valence electrons. The molecule has 0 unspecified atom stereocenters. The summed E-state index contributed by atoms with van der Waals surface area (Å²) >= 11 is 0. The van der Waals surface area contributed by atoms with Crippen molar-refractivity contribution in [3.63, 3.8) is 0 Å². The van der Waals surface area contributed by atoms with Crippen LogP contribution in [0.25, 0.3) is 22.0 Å². The molecule has 2 aromatic heterocycles. The summed E-state index contributed by atoms with van der Waals surface area (Å²) in [5, 5.41) is 14.1. The Morgan fingerprint density at radius 1 is 1.00 bits per heavy atom. The van der Waals surface area contributed by atoms with E-state index in [2.05, 4.69) is 37.5 Å². The van der Waals surface area contributed by atoms with Crippen LogP contribution >= 0.6 is 0 Å². The minimum Gasteiger partial charge on any atom is -0.354 e. The van der Waals surface area contributed by atoms with Gasteiger partial charge in [0.05, 0.1) is 17.0 Å². The van der Waals surface area contributed by atoms with Gasteiger partial charge in [-0.05, 0) is 44.0 Å². The summed E-state index contributed by atoms with van der Waals surface area (Å²) in [5.74, 6) is 0.442. The van der Waals surface area contributed by atoms with E-state index in [-0.39, 0.29) is 17.8 Å². The van der Waals surface area contributed by atoms with E-state index in [1.165, 1.54) is 12.1 Å². The van der Waals surface area contributed by atoms with Gasteiger partial charge in [-0.25, -0.2) is 4.39 Å². The van der Waals surface area contributed by atoms with Crippen LogP contribution in [0.3, 0.4) is 0 Å². The number of amides is 1. The number of nitrogens with zero attached hydrogens (tertiary/aromatic N) is 4. The zero-order valence-corrected chi connectivity index (χ0v) is 18.3. The maximum absolute atomic E-state index is 13.4. The summed E-state index contributed by atoms with van der Waals surface area (Å²) in [6.07, 6.45) is 3.19. The van der Waals surface area contributed by atoms with Crippen molar-refractivity contribution in [2.24, 2.45) is 0 Å². The van der Waals surface area contributed by atoms with Gasteiger partial charge in [-0.3, -0.25) is 9.78 Å². The Morgan fingerprint density at radius 2 is 1.79 bits per heavy atom. The van der Waals surface area contributed by atoms with Crippen molar-refractivity contribution in [3.05, 3.63) is 83.9 Å². The second kappa shape index (κ2) is 8.94. The smallest absolute Gasteiger partial charge is 0.253 e. The van der Waals surface area contributed by atoms with Crippen molar-refractivity contribution in [3.8, 4) is 11.3 Å². The van der Waals surface area contributed by atoms with Crippen LogP contribution in [0.15, 0.2) is 66.9 Å². The van der Waals surface area contributed by atoms with Gasteiger partial charge in [-0.1, -0.05) is 36.4 Å². The standard InChI is InChI=1S/C26H24FN5O/c1-17-22-7-2-3-8-23(22)25(31-30-17)32-13-11-21(12-14-32)29-26(33)19-9-10-24(28-16-19)18-5-4-6-20(27)15-18/h2-10,15-16,21H,11-14H2,1H3,(H,29,33). The molecule has 0 radical (unpaired) electrons. The van der Waals surface area contributed by atoms with E-state index in [0.717, 1.165) is 48.2 Å². The molecule has 2 aromatic carbocycles. The Balaban J connectivity index is 1.22. The Labute approximate surface area is 191 Å². The van der Waals surface area contributed by atoms with E-state index < -0.39 is 0 Å². The van der Waals surface area contributed by atoms with Gasteiger partial charge < -0.3 is 10.2 Å². The van der Waals surface area contributed by atoms with E-state index in [1.54, 1.807) is 30.5 Å². The summed E-state index contributed by atoms with van der Waals surface area (Å²) in [5.41, 5.74) is 2.73. The predicted molar refractivity (Wildman–Crippen MR) is 127 cm³/mol. The highest BCUT2D eigenvalue weighted by Crippen LogP contribution is 2.27. The van der Waals surface area contributed by atoms with Crippen LogP contribution < -0.4 is 10.2 Å². The van der Waals surface area contributed by atoms with Crippen molar-refractivity contribution in [1.82, 2.24) is 20.5 Å². The molecule has 33 heavy (non-hydrogen) atoms. The van der Waals surface area contributed by atoms with E-state index >= 15 is 0 Å². The zero-order chi connectivity index (χ0) is 22.8. The number of aromatic nitrogens is 3. The van der Waals surface area contributed by atoms with Crippen LogP contribution in [-0.4, -0.2) is 40.2 Å². The number of aryl methyl sites for hydroxylation is 1. The third kappa shape index (κ3) is 4.39. The first-order valence-corrected chi connectivity index (χ1v) is 11.1. The summed E-state index contributed by atoms with van der Waals surface area (Å²) in [4.78, 5) is 19.3. The van der Waals surface area contributed by atoms with Crippen LogP contribution in [0.2, 0.25) is 0 Å². The van der Waals surface area contributed by atoms with Crippen LogP contribution in [0.5, 0.6) is 0 Å². The number of carbonyl (C=O) groups is 1. The quantitative estimate of drug-likeness (QED) is 0.504. The number of pyridine rings is 1. The molecule has 6 nitrogen and oxygen atoms in total. The minimum atomic E-state index is -0.313. The number of hydrogen-bond donors (Lipinski definition) is 1. The van der Waals surface area contributed by atoms with E-state index in [4.69, 9.17) is 0 Å². The molecule has 1 aliphatic rings. The van der Waals surface area contributed by atoms with Crippen LogP contribution in [0, 0.1) is 12.7 Å². The second-order valence-electron chi connectivity index (χ2n) is 8.33. The van der Waals surface area contributed by atoms with Gasteiger partial charge in [0.15, 0.2) is 5.82 Å². The van der Waals surface area contributed by atoms with Crippen molar-refractivity contribution in [1.29, 1.82) is 0 Å². The first kappa shape index (κ1) is 21.0. The molecule has 1 fully saturated rings. The molecule has 0 atom stereocenters. The molecule has 0 aliphatic carbocycles. The van der Waals surface area contributed by atoms with Gasteiger partial charge in [-0.15, -0.1) is 5.10 Å². The normalized spacial score (nSPS) is 14.4. The highest BCUT2D eigenvalue weighted by Gasteiger charge is 2.24. The molecule has 1 aliphatic heterocycles. The van der Waals surface area contributed by atoms with Gasteiger partial charge in [0.25, 0.3) is 5.91 Å². The number of piperidine rings is 1. The Hall–Kier alpha value is -3.87. The van der Waals surface area contributed by atoms with Gasteiger partial charge in [-0.2, -0.15) is 5.10 Å². The Bertz CT molecular complexity index is 1300. The number of anilines is 1. The number of hydrogen-bond acceptors (Lipinski definition) is 5. The monoisotopic (exact) mass is 441 g/mol. The van der Waals surface area contributed by atoms with Crippen LogP contribution in [0.4, 0.5) is 10.2 Å². The molecule has 7 heteroatoms. The lowest BCUT2D eigenvalue weighted by Crippen LogP contribution is -2.45. The lowest BCUT2D eigenvalue weighted by molar-refractivity contribution is 0.0930. The highest BCUT2D eigenvalue weighted by molar-refractivity contribution is 5.95. The van der Waals surface area contributed by atoms with Crippen molar-refractivity contribution < 1.29 is 9.18 Å². The predicted octanol–water partition coefficient (Wildman–Crippen LogP) is 4.54. The fourth-order valence-electron chi connectivity index (χ4n) is 4.31. The number of rotatable bonds is 4. The van der Waals surface area contributed by atoms with Gasteiger partial charge in [0.1, 0.15) is 5.82 Å². The number of fused-ring (bicyclic) bond motifs is 1. The minimum absolute atomic E-state index is 0.0846. The molecular weight excluding hydrogens is 417 g/mol. The van der Waals surface area contributed by atoms with Gasteiger partial charge >= 0.3 is 0 Å². The van der Waals surface area contributed by atoms with Crippen LogP contribution in [-0.2, 0) is 0 Å². The molecule has 3 heterocycles. The molecule has 0 saturated carbocycles. The maximum Gasteiger partial charge on any atom is 0.253 e. The number of carbonyl (C=O) groups excluding carboxylic acids is 1. The lowest BCUT2D eigenvalue weighted by Gasteiger charge is -2.33. The molecule has 0 spiro atoms.